The second kappa shape index (κ2) is 15.4. The molecule has 1 aliphatic heterocycles. The third-order valence-corrected chi connectivity index (χ3v) is 9.49. The summed E-state index contributed by atoms with van der Waals surface area (Å²) in [5.41, 5.74) is 2.36. The summed E-state index contributed by atoms with van der Waals surface area (Å²) in [7, 11) is 0. The lowest BCUT2D eigenvalue weighted by molar-refractivity contribution is -0.117. The highest BCUT2D eigenvalue weighted by molar-refractivity contribution is 8.00. The van der Waals surface area contributed by atoms with Gasteiger partial charge in [0.2, 0.25) is 5.13 Å². The van der Waals surface area contributed by atoms with Gasteiger partial charge in [0.25, 0.3) is 5.91 Å². The first-order valence-corrected chi connectivity index (χ1v) is 17.1. The molecule has 5 rings (SSSR count). The zero-order valence-electron chi connectivity index (χ0n) is 25.7. The molecule has 0 spiro atoms. The standard InChI is InChI=1S/C35H34ClN3O5S2/c1-4-43-29-20-25(13-17-28(29)44-19-18-22(2)3)31-30(27(40)16-12-23-8-6-5-7-9-23)32(41)33(42)39(31)34-37-38-35(46-34)45-21-24-10-14-26(36)15-11-24/h5-17,20,22,31,41H,4,18-19,21H2,1-3H3. The Kier molecular flexibility index (Phi) is 11.2. The molecule has 0 radical (unpaired) electrons. The molecule has 1 unspecified atom stereocenters. The van der Waals surface area contributed by atoms with Crippen LogP contribution in [0.3, 0.4) is 0 Å². The smallest absolute Gasteiger partial charge is 0.296 e. The molecule has 0 bridgehead atoms. The molecule has 1 amide bonds. The molecule has 0 saturated carbocycles. The fourth-order valence-electron chi connectivity index (χ4n) is 4.77. The molecule has 1 aromatic heterocycles. The maximum Gasteiger partial charge on any atom is 0.296 e. The largest absolute Gasteiger partial charge is 0.503 e. The van der Waals surface area contributed by atoms with Gasteiger partial charge in [0.15, 0.2) is 27.4 Å². The van der Waals surface area contributed by atoms with E-state index < -0.39 is 23.5 Å². The second-order valence-electron chi connectivity index (χ2n) is 10.9. The summed E-state index contributed by atoms with van der Waals surface area (Å²) in [6.45, 7) is 7.02. The van der Waals surface area contributed by atoms with Gasteiger partial charge in [-0.25, -0.2) is 0 Å². The topological polar surface area (TPSA) is 102 Å². The van der Waals surface area contributed by atoms with Gasteiger partial charge in [0.05, 0.1) is 24.8 Å². The quantitative estimate of drug-likeness (QED) is 0.0807. The van der Waals surface area contributed by atoms with Crippen molar-refractivity contribution in [2.45, 2.75) is 43.3 Å². The van der Waals surface area contributed by atoms with Crippen molar-refractivity contribution >= 4 is 57.6 Å². The van der Waals surface area contributed by atoms with Gasteiger partial charge < -0.3 is 14.6 Å². The predicted octanol–water partition coefficient (Wildman–Crippen LogP) is 8.49. The van der Waals surface area contributed by atoms with Gasteiger partial charge in [0, 0.05) is 10.8 Å². The molecule has 0 aliphatic carbocycles. The number of anilines is 1. The van der Waals surface area contributed by atoms with Crippen LogP contribution in [-0.4, -0.2) is 40.2 Å². The first kappa shape index (κ1) is 33.2. The van der Waals surface area contributed by atoms with Crippen LogP contribution in [-0.2, 0) is 15.3 Å². The monoisotopic (exact) mass is 675 g/mol. The average Bonchev–Trinajstić information content (AvgIpc) is 3.62. The summed E-state index contributed by atoms with van der Waals surface area (Å²) in [6.07, 6.45) is 3.89. The van der Waals surface area contributed by atoms with Crippen molar-refractivity contribution in [3.63, 3.8) is 0 Å². The SMILES string of the molecule is CCOc1cc(C2C(C(=O)C=Cc3ccccc3)=C(O)C(=O)N2c2nnc(SCc3ccc(Cl)cc3)s2)ccc1OCCC(C)C. The summed E-state index contributed by atoms with van der Waals surface area (Å²) >= 11 is 8.69. The van der Waals surface area contributed by atoms with Crippen LogP contribution in [0, 0.1) is 5.92 Å². The van der Waals surface area contributed by atoms with Crippen molar-refractivity contribution in [2.24, 2.45) is 5.92 Å². The lowest BCUT2D eigenvalue weighted by Crippen LogP contribution is -2.31. The van der Waals surface area contributed by atoms with Gasteiger partial charge in [0.1, 0.15) is 0 Å². The van der Waals surface area contributed by atoms with Crippen LogP contribution in [0.2, 0.25) is 5.02 Å². The van der Waals surface area contributed by atoms with Crippen molar-refractivity contribution in [3.8, 4) is 11.5 Å². The van der Waals surface area contributed by atoms with Gasteiger partial charge in [-0.1, -0.05) is 103 Å². The number of ketones is 1. The van der Waals surface area contributed by atoms with E-state index in [0.717, 1.165) is 17.5 Å². The summed E-state index contributed by atoms with van der Waals surface area (Å²) in [4.78, 5) is 28.7. The number of halogens is 1. The highest BCUT2D eigenvalue weighted by atomic mass is 35.5. The second-order valence-corrected chi connectivity index (χ2v) is 13.5. The summed E-state index contributed by atoms with van der Waals surface area (Å²) < 4.78 is 12.6. The molecule has 2 heterocycles. The fraction of sp³-hybridized carbons (Fsp3) is 0.257. The molecule has 3 aromatic carbocycles. The normalized spacial score (nSPS) is 14.9. The molecular weight excluding hydrogens is 642 g/mol. The Labute approximate surface area is 281 Å². The van der Waals surface area contributed by atoms with Crippen LogP contribution in [0.5, 0.6) is 11.5 Å². The van der Waals surface area contributed by atoms with E-state index in [9.17, 15) is 14.7 Å². The third-order valence-electron chi connectivity index (χ3n) is 7.11. The number of nitrogens with zero attached hydrogens (tertiary/aromatic N) is 3. The number of thioether (sulfide) groups is 1. The highest BCUT2D eigenvalue weighted by Gasteiger charge is 2.45. The summed E-state index contributed by atoms with van der Waals surface area (Å²) in [6, 6.07) is 21.2. The molecule has 0 saturated heterocycles. The predicted molar refractivity (Wildman–Crippen MR) is 184 cm³/mol. The Morgan fingerprint density at radius 3 is 2.54 bits per heavy atom. The molecule has 1 atom stereocenters. The molecule has 46 heavy (non-hydrogen) atoms. The minimum atomic E-state index is -0.980. The van der Waals surface area contributed by atoms with Crippen LogP contribution in [0.1, 0.15) is 49.9 Å². The minimum Gasteiger partial charge on any atom is -0.503 e. The zero-order valence-corrected chi connectivity index (χ0v) is 28.1. The maximum atomic E-state index is 13.7. The van der Waals surface area contributed by atoms with Crippen LogP contribution < -0.4 is 14.4 Å². The van der Waals surface area contributed by atoms with Gasteiger partial charge in [-0.3, -0.25) is 14.5 Å². The Balaban J connectivity index is 1.49. The molecule has 1 aliphatic rings. The van der Waals surface area contributed by atoms with Crippen LogP contribution in [0.4, 0.5) is 5.13 Å². The summed E-state index contributed by atoms with van der Waals surface area (Å²) in [5.74, 6) is 0.264. The molecule has 238 valence electrons. The minimum absolute atomic E-state index is 0.0568. The van der Waals surface area contributed by atoms with Crippen molar-refractivity contribution in [1.29, 1.82) is 0 Å². The lowest BCUT2D eigenvalue weighted by atomic mass is 9.95. The number of allylic oxidation sites excluding steroid dienone is 1. The van der Waals surface area contributed by atoms with Crippen molar-refractivity contribution in [3.05, 3.63) is 112 Å². The number of carbonyl (C=O) groups excluding carboxylic acids is 2. The van der Waals surface area contributed by atoms with E-state index in [0.29, 0.717) is 51.3 Å². The number of hydrogen-bond donors (Lipinski definition) is 1. The number of benzene rings is 3. The molecule has 8 nitrogen and oxygen atoms in total. The number of ether oxygens (including phenoxy) is 2. The Morgan fingerprint density at radius 1 is 1.07 bits per heavy atom. The molecule has 1 N–H and O–H groups in total. The van der Waals surface area contributed by atoms with E-state index in [1.807, 2.05) is 61.5 Å². The Bertz CT molecular complexity index is 1740. The number of carbonyl (C=O) groups is 2. The van der Waals surface area contributed by atoms with Crippen LogP contribution in [0.25, 0.3) is 6.08 Å². The number of aliphatic hydroxyl groups is 1. The zero-order chi connectivity index (χ0) is 32.6. The maximum absolute atomic E-state index is 13.7. The molecular formula is C35H34ClN3O5S2. The van der Waals surface area contributed by atoms with Crippen LogP contribution >= 0.6 is 34.7 Å². The summed E-state index contributed by atoms with van der Waals surface area (Å²) in [5, 5.41) is 20.7. The molecule has 0 fully saturated rings. The number of amides is 1. The van der Waals surface area contributed by atoms with Crippen molar-refractivity contribution in [1.82, 2.24) is 10.2 Å². The van der Waals surface area contributed by atoms with Gasteiger partial charge in [-0.05, 0) is 66.3 Å². The molecule has 4 aromatic rings. The van der Waals surface area contributed by atoms with Gasteiger partial charge >= 0.3 is 0 Å². The average molecular weight is 676 g/mol. The first-order chi connectivity index (χ1) is 22.2. The highest BCUT2D eigenvalue weighted by Crippen LogP contribution is 2.45. The molecule has 11 heteroatoms. The van der Waals surface area contributed by atoms with E-state index in [4.69, 9.17) is 21.1 Å². The number of rotatable bonds is 14. The lowest BCUT2D eigenvalue weighted by Gasteiger charge is -2.24. The Hall–Kier alpha value is -4.12. The van der Waals surface area contributed by atoms with Crippen LogP contribution in [0.15, 0.2) is 94.5 Å². The fourth-order valence-corrected chi connectivity index (χ4v) is 6.72. The Morgan fingerprint density at radius 2 is 1.83 bits per heavy atom. The van der Waals surface area contributed by atoms with E-state index in [-0.39, 0.29) is 10.7 Å². The van der Waals surface area contributed by atoms with Gasteiger partial charge in [-0.2, -0.15) is 0 Å². The van der Waals surface area contributed by atoms with E-state index in [2.05, 4.69) is 24.0 Å². The number of aromatic nitrogens is 2. The van der Waals surface area contributed by atoms with E-state index in [1.165, 1.54) is 34.1 Å². The third kappa shape index (κ3) is 7.99. The number of hydrogen-bond acceptors (Lipinski definition) is 9. The number of aliphatic hydroxyl groups excluding tert-OH is 1. The first-order valence-electron chi connectivity index (χ1n) is 14.9. The van der Waals surface area contributed by atoms with Gasteiger partial charge in [-0.15, -0.1) is 10.2 Å². The van der Waals surface area contributed by atoms with E-state index in [1.54, 1.807) is 24.3 Å². The van der Waals surface area contributed by atoms with Crippen molar-refractivity contribution < 1.29 is 24.2 Å². The van der Waals surface area contributed by atoms with E-state index >= 15 is 0 Å². The van der Waals surface area contributed by atoms with Crippen molar-refractivity contribution in [2.75, 3.05) is 18.1 Å².